The zero-order valence-electron chi connectivity index (χ0n) is 20.7. The first-order chi connectivity index (χ1) is 13.7. The highest BCUT2D eigenvalue weighted by atomic mass is 28.4. The van der Waals surface area contributed by atoms with Crippen molar-refractivity contribution >= 4 is 8.32 Å². The van der Waals surface area contributed by atoms with Crippen LogP contribution in [0.25, 0.3) is 0 Å². The molecule has 30 heavy (non-hydrogen) atoms. The molecule has 1 heterocycles. The lowest BCUT2D eigenvalue weighted by atomic mass is 9.39. The van der Waals surface area contributed by atoms with Gasteiger partial charge < -0.3 is 9.16 Å². The Kier molecular flexibility index (Phi) is 5.20. The summed E-state index contributed by atoms with van der Waals surface area (Å²) in [5.41, 5.74) is 2.40. The minimum absolute atomic E-state index is 0.0239. The summed E-state index contributed by atoms with van der Waals surface area (Å²) in [5.74, 6) is 0. The highest BCUT2D eigenvalue weighted by Crippen LogP contribution is 2.72. The molecule has 5 heteroatoms. The second kappa shape index (κ2) is 6.92. The van der Waals surface area contributed by atoms with Crippen LogP contribution in [0.15, 0.2) is 12.3 Å². The summed E-state index contributed by atoms with van der Waals surface area (Å²) in [6.45, 7) is 21.3. The Morgan fingerprint density at radius 1 is 1.00 bits per heavy atom. The molecule has 2 unspecified atom stereocenters. The fourth-order valence-corrected chi connectivity index (χ4v) is 8.83. The quantitative estimate of drug-likeness (QED) is 0.372. The molecule has 1 aromatic rings. The maximum absolute atomic E-state index is 6.82. The van der Waals surface area contributed by atoms with Crippen LogP contribution >= 0.6 is 0 Å². The van der Waals surface area contributed by atoms with E-state index in [9.17, 15) is 0 Å². The van der Waals surface area contributed by atoms with E-state index in [2.05, 4.69) is 70.5 Å². The Labute approximate surface area is 185 Å². The van der Waals surface area contributed by atoms with E-state index in [1.807, 2.05) is 6.20 Å². The van der Waals surface area contributed by atoms with Gasteiger partial charge in [-0.05, 0) is 85.9 Å². The zero-order chi connectivity index (χ0) is 22.1. The van der Waals surface area contributed by atoms with Crippen LogP contribution in [0.1, 0.15) is 78.8 Å². The van der Waals surface area contributed by atoms with E-state index in [4.69, 9.17) is 9.16 Å². The third-order valence-corrected chi connectivity index (χ3v) is 13.4. The van der Waals surface area contributed by atoms with Crippen LogP contribution in [0.3, 0.4) is 0 Å². The molecule has 0 amide bonds. The normalized spacial score (nSPS) is 38.4. The molecule has 4 aliphatic rings. The van der Waals surface area contributed by atoms with Crippen LogP contribution < -0.4 is 0 Å². The van der Waals surface area contributed by atoms with E-state index < -0.39 is 8.32 Å². The largest absolute Gasteiger partial charge is 0.414 e. The van der Waals surface area contributed by atoms with Crippen LogP contribution in [0.5, 0.6) is 0 Å². The lowest BCUT2D eigenvalue weighted by molar-refractivity contribution is -0.249. The minimum atomic E-state index is -1.72. The molecular formula is C25H44N2O2Si. The summed E-state index contributed by atoms with van der Waals surface area (Å²) in [7, 11) is -1.72. The van der Waals surface area contributed by atoms with Gasteiger partial charge in [0.25, 0.3) is 0 Å². The van der Waals surface area contributed by atoms with E-state index in [1.54, 1.807) is 0 Å². The van der Waals surface area contributed by atoms with Gasteiger partial charge in [-0.15, -0.1) is 0 Å². The average molecular weight is 433 g/mol. The van der Waals surface area contributed by atoms with Crippen molar-refractivity contribution < 1.29 is 9.16 Å². The topological polar surface area (TPSA) is 36.3 Å². The molecule has 0 spiro atoms. The summed E-state index contributed by atoms with van der Waals surface area (Å²) in [6.07, 6.45) is 9.56. The first-order valence-electron chi connectivity index (χ1n) is 12.0. The number of hydrogen-bond donors (Lipinski definition) is 0. The van der Waals surface area contributed by atoms with Gasteiger partial charge in [-0.1, -0.05) is 34.6 Å². The SMILES string of the molecule is Cc1ccnn1CC12CC3(OCCO[Si](C)(C)C(C)(C)C)C[C@](C)(C1)C[C@](C)(C2)C3. The molecule has 0 radical (unpaired) electrons. The molecule has 0 aromatic carbocycles. The molecule has 4 bridgehead atoms. The summed E-state index contributed by atoms with van der Waals surface area (Å²) in [6, 6.07) is 2.13. The van der Waals surface area contributed by atoms with E-state index in [1.165, 1.54) is 44.2 Å². The van der Waals surface area contributed by atoms with Crippen molar-refractivity contribution in [3.63, 3.8) is 0 Å². The predicted octanol–water partition coefficient (Wildman–Crippen LogP) is 6.35. The first-order valence-corrected chi connectivity index (χ1v) is 14.9. The Bertz CT molecular complexity index is 775. The monoisotopic (exact) mass is 432 g/mol. The minimum Gasteiger partial charge on any atom is -0.414 e. The molecule has 0 saturated heterocycles. The van der Waals surface area contributed by atoms with Gasteiger partial charge in [-0.3, -0.25) is 4.68 Å². The van der Waals surface area contributed by atoms with Crippen LogP contribution in [-0.4, -0.2) is 36.9 Å². The number of ether oxygens (including phenoxy) is 1. The third kappa shape index (κ3) is 4.06. The highest BCUT2D eigenvalue weighted by Gasteiger charge is 2.66. The third-order valence-electron chi connectivity index (χ3n) is 8.83. The molecule has 0 N–H and O–H groups in total. The number of hydrogen-bond acceptors (Lipinski definition) is 3. The van der Waals surface area contributed by atoms with Crippen molar-refractivity contribution in [1.82, 2.24) is 9.78 Å². The molecule has 4 saturated carbocycles. The fourth-order valence-electron chi connectivity index (χ4n) is 7.80. The van der Waals surface area contributed by atoms with Gasteiger partial charge in [0.1, 0.15) is 0 Å². The molecule has 170 valence electrons. The van der Waals surface area contributed by atoms with Gasteiger partial charge in [0, 0.05) is 18.4 Å². The van der Waals surface area contributed by atoms with Gasteiger partial charge in [-0.2, -0.15) is 5.10 Å². The van der Waals surface area contributed by atoms with Gasteiger partial charge in [-0.25, -0.2) is 0 Å². The van der Waals surface area contributed by atoms with Crippen LogP contribution in [0.4, 0.5) is 0 Å². The summed E-state index contributed by atoms with van der Waals surface area (Å²) in [5, 5.41) is 4.90. The molecule has 4 fully saturated rings. The van der Waals surface area contributed by atoms with Gasteiger partial charge in [0.15, 0.2) is 8.32 Å². The van der Waals surface area contributed by atoms with E-state index in [0.29, 0.717) is 16.2 Å². The smallest absolute Gasteiger partial charge is 0.192 e. The lowest BCUT2D eigenvalue weighted by Crippen LogP contribution is -2.64. The van der Waals surface area contributed by atoms with E-state index in [-0.39, 0.29) is 10.6 Å². The molecule has 5 rings (SSSR count). The van der Waals surface area contributed by atoms with Crippen molar-refractivity contribution in [2.45, 2.75) is 110 Å². The molecule has 0 aliphatic heterocycles. The van der Waals surface area contributed by atoms with Gasteiger partial charge in [0.05, 0.1) is 18.8 Å². The van der Waals surface area contributed by atoms with Crippen molar-refractivity contribution in [2.24, 2.45) is 16.2 Å². The summed E-state index contributed by atoms with van der Waals surface area (Å²) >= 11 is 0. The Morgan fingerprint density at radius 3 is 2.17 bits per heavy atom. The predicted molar refractivity (Wildman–Crippen MR) is 125 cm³/mol. The second-order valence-corrected chi connectivity index (χ2v) is 18.3. The Balaban J connectivity index is 1.49. The fraction of sp³-hybridized carbons (Fsp3) is 0.880. The number of aryl methyl sites for hydroxylation is 1. The van der Waals surface area contributed by atoms with Crippen molar-refractivity contribution in [1.29, 1.82) is 0 Å². The van der Waals surface area contributed by atoms with Gasteiger partial charge in [0.2, 0.25) is 0 Å². The Morgan fingerprint density at radius 2 is 1.63 bits per heavy atom. The second-order valence-electron chi connectivity index (χ2n) is 13.5. The molecule has 1 aromatic heterocycles. The van der Waals surface area contributed by atoms with E-state index in [0.717, 1.165) is 19.8 Å². The maximum Gasteiger partial charge on any atom is 0.192 e. The zero-order valence-corrected chi connectivity index (χ0v) is 21.7. The van der Waals surface area contributed by atoms with Crippen molar-refractivity contribution in [3.8, 4) is 0 Å². The summed E-state index contributed by atoms with van der Waals surface area (Å²) < 4.78 is 15.5. The Hall–Kier alpha value is -0.653. The van der Waals surface area contributed by atoms with Crippen molar-refractivity contribution in [2.75, 3.05) is 13.2 Å². The van der Waals surface area contributed by atoms with E-state index >= 15 is 0 Å². The molecule has 4 atom stereocenters. The van der Waals surface area contributed by atoms with Crippen LogP contribution in [0, 0.1) is 23.2 Å². The average Bonchev–Trinajstić information content (AvgIpc) is 2.91. The van der Waals surface area contributed by atoms with Gasteiger partial charge >= 0.3 is 0 Å². The lowest BCUT2D eigenvalue weighted by Gasteiger charge is -2.69. The van der Waals surface area contributed by atoms with Crippen molar-refractivity contribution in [3.05, 3.63) is 18.0 Å². The highest BCUT2D eigenvalue weighted by molar-refractivity contribution is 6.74. The van der Waals surface area contributed by atoms with Crippen LogP contribution in [0.2, 0.25) is 18.1 Å². The maximum atomic E-state index is 6.82. The number of rotatable bonds is 7. The summed E-state index contributed by atoms with van der Waals surface area (Å²) in [4.78, 5) is 0. The standard InChI is InChI=1S/C25H44N2O2Si/c1-20-9-10-26-27(20)19-24-14-22(5)13-23(6,15-24)17-25(16-22,18-24)28-11-12-29-30(7,8)21(2,3)4/h9-10H,11-19H2,1-8H3/t22-,23+,24?,25?. The number of nitrogens with zero attached hydrogens (tertiary/aromatic N) is 2. The molecule has 4 aliphatic carbocycles. The molecular weight excluding hydrogens is 388 g/mol. The molecule has 4 nitrogen and oxygen atoms in total. The first kappa shape index (κ1) is 22.5. The van der Waals surface area contributed by atoms with Crippen LogP contribution in [-0.2, 0) is 15.7 Å². The number of aromatic nitrogens is 2.